The maximum Gasteiger partial charge on any atom is 0.243 e. The molecule has 4 aromatic rings. The summed E-state index contributed by atoms with van der Waals surface area (Å²) in [6, 6.07) is 16.6. The van der Waals surface area contributed by atoms with E-state index in [2.05, 4.69) is 69.0 Å². The number of rotatable bonds is 5. The van der Waals surface area contributed by atoms with Gasteiger partial charge in [0.1, 0.15) is 10.7 Å². The van der Waals surface area contributed by atoms with Crippen LogP contribution in [0, 0.1) is 6.92 Å². The van der Waals surface area contributed by atoms with Crippen LogP contribution in [0.25, 0.3) is 26.9 Å². The van der Waals surface area contributed by atoms with Gasteiger partial charge in [0.25, 0.3) is 0 Å². The summed E-state index contributed by atoms with van der Waals surface area (Å²) < 4.78 is 0. The first kappa shape index (κ1) is 26.5. The van der Waals surface area contributed by atoms with Crippen molar-refractivity contribution >= 4 is 51.6 Å². The van der Waals surface area contributed by atoms with Gasteiger partial charge in [0.15, 0.2) is 0 Å². The number of carbonyl (C=O) groups is 2. The molecule has 0 bridgehead atoms. The molecule has 1 fully saturated rings. The Hall–Kier alpha value is -3.37. The average molecular weight is 582 g/mol. The van der Waals surface area contributed by atoms with E-state index in [0.29, 0.717) is 19.4 Å². The highest BCUT2D eigenvalue weighted by atomic mass is 32.1. The fourth-order valence-corrected chi connectivity index (χ4v) is 7.86. The third-order valence-corrected chi connectivity index (χ3v) is 9.92. The number of amides is 2. The van der Waals surface area contributed by atoms with Crippen molar-refractivity contribution < 1.29 is 9.59 Å². The van der Waals surface area contributed by atoms with Crippen LogP contribution >= 0.6 is 24.0 Å². The number of nitrogens with one attached hydrogen (secondary N) is 1. The van der Waals surface area contributed by atoms with Crippen LogP contribution < -0.4 is 5.32 Å². The number of piperidine rings is 1. The molecule has 0 radical (unpaired) electrons. The Balaban J connectivity index is 1.12. The first-order valence-corrected chi connectivity index (χ1v) is 15.5. The van der Waals surface area contributed by atoms with Crippen LogP contribution in [0.1, 0.15) is 52.8 Å². The highest BCUT2D eigenvalue weighted by Gasteiger charge is 2.39. The molecule has 1 saturated heterocycles. The second kappa shape index (κ2) is 10.8. The van der Waals surface area contributed by atoms with E-state index in [1.165, 1.54) is 27.8 Å². The van der Waals surface area contributed by atoms with Crippen molar-refractivity contribution in [2.45, 2.75) is 50.7 Å². The maximum atomic E-state index is 12.6. The Morgan fingerprint density at radius 1 is 1.07 bits per heavy atom. The summed E-state index contributed by atoms with van der Waals surface area (Å²) in [5.41, 5.74) is 8.43. The number of carbonyl (C=O) groups excluding carboxylic acids is 2. The van der Waals surface area contributed by atoms with E-state index < -0.39 is 0 Å². The molecule has 2 unspecified atom stereocenters. The molecule has 2 aromatic carbocycles. The van der Waals surface area contributed by atoms with E-state index in [9.17, 15) is 9.59 Å². The SMILES string of the molecule is Cc1nc(C2=CCN(Cc3cccc4c3CN(C3CCC(=O)NC3=O)C4S)CC2)c2c(-c3ccccc3)csc2n1. The number of aromatic nitrogens is 2. The Kier molecular flexibility index (Phi) is 6.98. The molecule has 7 nitrogen and oxygen atoms in total. The summed E-state index contributed by atoms with van der Waals surface area (Å²) in [5.74, 6) is 0.405. The zero-order valence-corrected chi connectivity index (χ0v) is 24.5. The van der Waals surface area contributed by atoms with Crippen molar-refractivity contribution in [1.82, 2.24) is 25.1 Å². The van der Waals surface area contributed by atoms with Crippen molar-refractivity contribution in [2.24, 2.45) is 0 Å². The first-order valence-electron chi connectivity index (χ1n) is 14.1. The number of thiol groups is 1. The number of thiophene rings is 1. The zero-order chi connectivity index (χ0) is 28.1. The molecule has 2 aromatic heterocycles. The van der Waals surface area contributed by atoms with Crippen LogP contribution in [0.3, 0.4) is 0 Å². The molecule has 41 heavy (non-hydrogen) atoms. The molecule has 208 valence electrons. The van der Waals surface area contributed by atoms with E-state index in [-0.39, 0.29) is 23.2 Å². The normalized spacial score (nSPS) is 21.7. The third-order valence-electron chi connectivity index (χ3n) is 8.47. The van der Waals surface area contributed by atoms with Crippen molar-refractivity contribution in [3.05, 3.63) is 88.2 Å². The largest absolute Gasteiger partial charge is 0.295 e. The molecule has 9 heteroatoms. The number of nitrogens with zero attached hydrogens (tertiary/aromatic N) is 4. The molecule has 5 heterocycles. The lowest BCUT2D eigenvalue weighted by Crippen LogP contribution is -2.51. The summed E-state index contributed by atoms with van der Waals surface area (Å²) in [6.45, 7) is 5.26. The van der Waals surface area contributed by atoms with Gasteiger partial charge < -0.3 is 0 Å². The number of aryl methyl sites for hydroxylation is 1. The van der Waals surface area contributed by atoms with Crippen LogP contribution in [-0.4, -0.2) is 50.7 Å². The third kappa shape index (κ3) is 4.91. The molecular weight excluding hydrogens is 551 g/mol. The van der Waals surface area contributed by atoms with Gasteiger partial charge in [-0.2, -0.15) is 12.6 Å². The highest BCUT2D eigenvalue weighted by Crippen LogP contribution is 2.42. The Morgan fingerprint density at radius 2 is 1.93 bits per heavy atom. The van der Waals surface area contributed by atoms with Gasteiger partial charge in [0.2, 0.25) is 11.8 Å². The number of imide groups is 1. The molecule has 2 atom stereocenters. The summed E-state index contributed by atoms with van der Waals surface area (Å²) in [4.78, 5) is 39.6. The Labute approximate surface area is 248 Å². The van der Waals surface area contributed by atoms with E-state index in [1.807, 2.05) is 13.0 Å². The maximum absolute atomic E-state index is 12.6. The zero-order valence-electron chi connectivity index (χ0n) is 22.8. The van der Waals surface area contributed by atoms with Crippen LogP contribution in [0.4, 0.5) is 0 Å². The lowest BCUT2D eigenvalue weighted by molar-refractivity contribution is -0.137. The minimum absolute atomic E-state index is 0.158. The lowest BCUT2D eigenvalue weighted by Gasteiger charge is -2.32. The molecule has 3 aliphatic heterocycles. The molecule has 2 amide bonds. The summed E-state index contributed by atoms with van der Waals surface area (Å²) in [6.07, 6.45) is 4.16. The van der Waals surface area contributed by atoms with Gasteiger partial charge in [-0.05, 0) is 47.6 Å². The first-order chi connectivity index (χ1) is 20.0. The minimum Gasteiger partial charge on any atom is -0.295 e. The Morgan fingerprint density at radius 3 is 2.71 bits per heavy atom. The van der Waals surface area contributed by atoms with Gasteiger partial charge in [-0.15, -0.1) is 11.3 Å². The molecular formula is C32H31N5O2S2. The van der Waals surface area contributed by atoms with Crippen LogP contribution in [0.2, 0.25) is 0 Å². The van der Waals surface area contributed by atoms with Crippen LogP contribution in [-0.2, 0) is 22.7 Å². The standard InChI is InChI=1S/C32H31N5O2S2/c1-19-33-29(28-25(18-41-31(28)34-19)20-6-3-2-4-7-20)21-12-14-36(15-13-21)16-22-8-5-9-23-24(22)17-37(32(23)40)26-10-11-27(38)35-30(26)39/h2-9,12,18,26,32,40H,10-11,13-17H2,1H3,(H,35,38,39). The van der Waals surface area contributed by atoms with E-state index >= 15 is 0 Å². The second-order valence-electron chi connectivity index (χ2n) is 11.0. The number of hydrogen-bond donors (Lipinski definition) is 2. The van der Waals surface area contributed by atoms with Gasteiger partial charge in [-0.25, -0.2) is 9.97 Å². The Bertz CT molecular complexity index is 1700. The summed E-state index contributed by atoms with van der Waals surface area (Å²) >= 11 is 6.58. The van der Waals surface area contributed by atoms with Gasteiger partial charge >= 0.3 is 0 Å². The van der Waals surface area contributed by atoms with Crippen LogP contribution in [0.15, 0.2) is 60.0 Å². The van der Waals surface area contributed by atoms with Gasteiger partial charge in [0, 0.05) is 48.9 Å². The van der Waals surface area contributed by atoms with Gasteiger partial charge in [0.05, 0.1) is 17.1 Å². The molecule has 7 rings (SSSR count). The van der Waals surface area contributed by atoms with Crippen molar-refractivity contribution in [3.63, 3.8) is 0 Å². The number of fused-ring (bicyclic) bond motifs is 2. The highest BCUT2D eigenvalue weighted by molar-refractivity contribution is 7.80. The van der Waals surface area contributed by atoms with Crippen molar-refractivity contribution in [1.29, 1.82) is 0 Å². The molecule has 0 spiro atoms. The van der Waals surface area contributed by atoms with Crippen molar-refractivity contribution in [3.8, 4) is 11.1 Å². The molecule has 0 aliphatic carbocycles. The predicted octanol–water partition coefficient (Wildman–Crippen LogP) is 5.51. The smallest absolute Gasteiger partial charge is 0.243 e. The van der Waals surface area contributed by atoms with Crippen LogP contribution in [0.5, 0.6) is 0 Å². The van der Waals surface area contributed by atoms with Gasteiger partial charge in [-0.1, -0.05) is 54.6 Å². The average Bonchev–Trinajstić information content (AvgIpc) is 3.55. The fraction of sp³-hybridized carbons (Fsp3) is 0.312. The van der Waals surface area contributed by atoms with E-state index in [4.69, 9.17) is 22.6 Å². The lowest BCUT2D eigenvalue weighted by atomic mass is 9.97. The monoisotopic (exact) mass is 581 g/mol. The molecule has 0 saturated carbocycles. The van der Waals surface area contributed by atoms with E-state index in [1.54, 1.807) is 11.3 Å². The molecule has 1 N–H and O–H groups in total. The molecule has 3 aliphatic rings. The van der Waals surface area contributed by atoms with Crippen molar-refractivity contribution in [2.75, 3.05) is 13.1 Å². The van der Waals surface area contributed by atoms with E-state index in [0.717, 1.165) is 53.4 Å². The quantitative estimate of drug-likeness (QED) is 0.239. The number of hydrogen-bond acceptors (Lipinski definition) is 8. The summed E-state index contributed by atoms with van der Waals surface area (Å²) in [5, 5.41) is 5.70. The fourth-order valence-electron chi connectivity index (χ4n) is 6.39. The minimum atomic E-state index is -0.332. The number of benzene rings is 2. The predicted molar refractivity (Wildman–Crippen MR) is 165 cm³/mol. The second-order valence-corrected chi connectivity index (χ2v) is 12.4. The topological polar surface area (TPSA) is 78.4 Å². The van der Waals surface area contributed by atoms with Gasteiger partial charge in [-0.3, -0.25) is 24.7 Å². The summed E-state index contributed by atoms with van der Waals surface area (Å²) in [7, 11) is 0.